The smallest absolute Gasteiger partial charge is 0.311 e. The van der Waals surface area contributed by atoms with Gasteiger partial charge in [0.2, 0.25) is 0 Å². The minimum atomic E-state index is -1.20. The van der Waals surface area contributed by atoms with Crippen LogP contribution in [0.5, 0.6) is 0 Å². The van der Waals surface area contributed by atoms with Crippen molar-refractivity contribution in [1.82, 2.24) is 4.90 Å². The average Bonchev–Trinajstić information content (AvgIpc) is 3.27. The molecule has 248 valence electrons. The van der Waals surface area contributed by atoms with Gasteiger partial charge in [0.1, 0.15) is 23.8 Å². The fourth-order valence-corrected chi connectivity index (χ4v) is 8.21. The Kier molecular flexibility index (Phi) is 11.7. The normalized spacial score (nSPS) is 47.3. The summed E-state index contributed by atoms with van der Waals surface area (Å²) in [5.41, 5.74) is -1.80. The van der Waals surface area contributed by atoms with E-state index in [-0.39, 0.29) is 48.9 Å². The third-order valence-corrected chi connectivity index (χ3v) is 11.0. The van der Waals surface area contributed by atoms with Gasteiger partial charge in [-0.25, -0.2) is 0 Å². The zero-order valence-electron chi connectivity index (χ0n) is 28.2. The zero-order valence-corrected chi connectivity index (χ0v) is 28.2. The molecule has 0 aromatic rings. The maximum atomic E-state index is 14.0. The van der Waals surface area contributed by atoms with Gasteiger partial charge < -0.3 is 34.1 Å². The summed E-state index contributed by atoms with van der Waals surface area (Å²) in [5, 5.41) is 22.9. The highest BCUT2D eigenvalue weighted by Crippen LogP contribution is 2.51. The SMILES string of the molecule is CC[C@H]1OC(=O)[C@H](C)[C@@H](O)[C@H](C)[C@@H](O[C@@H]2O[C@H](C)C[C@H](N(C)C)[C@H]2O)[C@](C)(OC)C[C@@H](C)C(=O)[C@H](C)[C@H]2CC(=O)C[C@@]21C. The Balaban J connectivity index is 2.08. The van der Waals surface area contributed by atoms with Gasteiger partial charge in [-0.15, -0.1) is 0 Å². The number of ether oxygens (including phenoxy) is 4. The summed E-state index contributed by atoms with van der Waals surface area (Å²) in [6.07, 6.45) is -2.99. The predicted octanol–water partition coefficient (Wildman–Crippen LogP) is 3.39. The summed E-state index contributed by atoms with van der Waals surface area (Å²) in [7, 11) is 5.33. The fourth-order valence-electron chi connectivity index (χ4n) is 8.21. The molecule has 3 aliphatic rings. The number of aliphatic hydroxyl groups is 2. The molecular formula is C33H57NO9. The summed E-state index contributed by atoms with van der Waals surface area (Å²) in [6, 6.07) is -0.217. The Morgan fingerprint density at radius 1 is 1.00 bits per heavy atom. The maximum Gasteiger partial charge on any atom is 0.311 e. The minimum Gasteiger partial charge on any atom is -0.461 e. The number of cyclic esters (lactones) is 1. The molecule has 1 aliphatic carbocycles. The molecule has 43 heavy (non-hydrogen) atoms. The number of fused-ring (bicyclic) bond motifs is 1. The van der Waals surface area contributed by atoms with Crippen LogP contribution < -0.4 is 0 Å². The van der Waals surface area contributed by atoms with Crippen molar-refractivity contribution in [1.29, 1.82) is 0 Å². The molecular weight excluding hydrogens is 554 g/mol. The first-order valence-corrected chi connectivity index (χ1v) is 16.1. The number of carbonyl (C=O) groups excluding carboxylic acids is 3. The first kappa shape index (κ1) is 36.0. The fraction of sp³-hybridized carbons (Fsp3) is 0.909. The Morgan fingerprint density at radius 2 is 1.63 bits per heavy atom. The molecule has 0 spiro atoms. The van der Waals surface area contributed by atoms with Crippen molar-refractivity contribution in [3.63, 3.8) is 0 Å². The van der Waals surface area contributed by atoms with E-state index in [0.29, 0.717) is 12.8 Å². The number of likely N-dealkylation sites (N-methyl/N-ethyl adjacent to an activating group) is 1. The Hall–Kier alpha value is -1.43. The van der Waals surface area contributed by atoms with Gasteiger partial charge >= 0.3 is 5.97 Å². The quantitative estimate of drug-likeness (QED) is 0.446. The second-order valence-electron chi connectivity index (χ2n) is 14.4. The highest BCUT2D eigenvalue weighted by molar-refractivity contribution is 5.87. The number of ketones is 2. The molecule has 0 unspecified atom stereocenters. The van der Waals surface area contributed by atoms with Crippen LogP contribution in [-0.4, -0.2) is 102 Å². The van der Waals surface area contributed by atoms with Gasteiger partial charge in [-0.1, -0.05) is 34.6 Å². The van der Waals surface area contributed by atoms with Crippen molar-refractivity contribution in [2.45, 2.75) is 136 Å². The monoisotopic (exact) mass is 611 g/mol. The van der Waals surface area contributed by atoms with Crippen molar-refractivity contribution in [2.75, 3.05) is 21.2 Å². The lowest BCUT2D eigenvalue weighted by Crippen LogP contribution is -2.59. The molecule has 2 saturated heterocycles. The molecule has 0 amide bonds. The van der Waals surface area contributed by atoms with E-state index in [4.69, 9.17) is 18.9 Å². The predicted molar refractivity (Wildman–Crippen MR) is 161 cm³/mol. The van der Waals surface area contributed by atoms with Crippen LogP contribution in [-0.2, 0) is 33.3 Å². The van der Waals surface area contributed by atoms with Crippen LogP contribution in [0.25, 0.3) is 0 Å². The molecule has 1 saturated carbocycles. The molecule has 0 radical (unpaired) electrons. The van der Waals surface area contributed by atoms with Crippen molar-refractivity contribution in [2.24, 2.45) is 35.0 Å². The first-order valence-electron chi connectivity index (χ1n) is 16.1. The van der Waals surface area contributed by atoms with Crippen LogP contribution in [0.2, 0.25) is 0 Å². The van der Waals surface area contributed by atoms with E-state index in [0.717, 1.165) is 0 Å². The molecule has 2 aliphatic heterocycles. The Morgan fingerprint density at radius 3 is 2.19 bits per heavy atom. The van der Waals surface area contributed by atoms with Crippen LogP contribution in [0.4, 0.5) is 0 Å². The number of hydrogen-bond donors (Lipinski definition) is 2. The first-order chi connectivity index (χ1) is 19.9. The van der Waals surface area contributed by atoms with E-state index in [1.165, 1.54) is 0 Å². The summed E-state index contributed by atoms with van der Waals surface area (Å²) < 4.78 is 24.9. The molecule has 3 rings (SSSR count). The van der Waals surface area contributed by atoms with Crippen molar-refractivity contribution in [3.8, 4) is 0 Å². The van der Waals surface area contributed by atoms with Crippen molar-refractivity contribution >= 4 is 17.5 Å². The summed E-state index contributed by atoms with van der Waals surface area (Å²) in [4.78, 5) is 42.4. The van der Waals surface area contributed by atoms with E-state index in [1.54, 1.807) is 21.0 Å². The Labute approximate surface area is 258 Å². The van der Waals surface area contributed by atoms with E-state index >= 15 is 0 Å². The molecule has 0 bridgehead atoms. The van der Waals surface area contributed by atoms with Crippen LogP contribution in [0.15, 0.2) is 0 Å². The molecule has 2 heterocycles. The van der Waals surface area contributed by atoms with Gasteiger partial charge in [0.15, 0.2) is 6.29 Å². The number of Topliss-reactive ketones (excluding diaryl/α,β-unsaturated/α-hetero) is 2. The topological polar surface area (TPSA) is 132 Å². The van der Waals surface area contributed by atoms with Crippen LogP contribution in [0.1, 0.15) is 87.5 Å². The van der Waals surface area contributed by atoms with Gasteiger partial charge in [0.25, 0.3) is 0 Å². The highest BCUT2D eigenvalue weighted by Gasteiger charge is 2.55. The van der Waals surface area contributed by atoms with Crippen molar-refractivity contribution in [3.05, 3.63) is 0 Å². The largest absolute Gasteiger partial charge is 0.461 e. The molecule has 10 nitrogen and oxygen atoms in total. The Bertz CT molecular complexity index is 1000. The van der Waals surface area contributed by atoms with Gasteiger partial charge in [-0.2, -0.15) is 0 Å². The average molecular weight is 612 g/mol. The highest BCUT2D eigenvalue weighted by atomic mass is 16.7. The molecule has 0 aromatic heterocycles. The number of nitrogens with zero attached hydrogens (tertiary/aromatic N) is 1. The number of aliphatic hydroxyl groups excluding tert-OH is 2. The molecule has 10 heteroatoms. The van der Waals surface area contributed by atoms with Gasteiger partial charge in [-0.05, 0) is 60.0 Å². The van der Waals surface area contributed by atoms with Crippen LogP contribution >= 0.6 is 0 Å². The van der Waals surface area contributed by atoms with Crippen LogP contribution in [0.3, 0.4) is 0 Å². The van der Waals surface area contributed by atoms with E-state index in [9.17, 15) is 24.6 Å². The zero-order chi connectivity index (χ0) is 32.6. The van der Waals surface area contributed by atoms with Gasteiger partial charge in [-0.3, -0.25) is 14.4 Å². The number of methoxy groups -OCH3 is 1. The molecule has 2 N–H and O–H groups in total. The lowest BCUT2D eigenvalue weighted by atomic mass is 9.66. The lowest BCUT2D eigenvalue weighted by Gasteiger charge is -2.48. The minimum absolute atomic E-state index is 0.00278. The standard InChI is InChI=1S/C33H57NO9/c1-12-25-32(7)16-22(35)14-23(32)19(4)26(36)17(2)15-33(8,40-11)29(20(5)27(37)21(6)30(39)42-25)43-31-28(38)24(34(9)10)13-18(3)41-31/h17-21,23-25,27-29,31,37-38H,12-16H2,1-11H3/t17-,18-,19-,20+,21-,23-,24+,25-,27+,28-,29-,31+,32+,33-/m1/s1. The second kappa shape index (κ2) is 13.9. The number of hydrogen-bond acceptors (Lipinski definition) is 10. The third-order valence-electron chi connectivity index (χ3n) is 11.0. The van der Waals surface area contributed by atoms with Crippen LogP contribution in [0, 0.1) is 35.0 Å². The molecule has 14 atom stereocenters. The summed E-state index contributed by atoms with van der Waals surface area (Å²) >= 11 is 0. The lowest BCUT2D eigenvalue weighted by molar-refractivity contribution is -0.301. The van der Waals surface area contributed by atoms with E-state index < -0.39 is 71.4 Å². The molecule has 0 aromatic carbocycles. The third kappa shape index (κ3) is 7.20. The van der Waals surface area contributed by atoms with Gasteiger partial charge in [0, 0.05) is 49.2 Å². The maximum absolute atomic E-state index is 14.0. The number of esters is 1. The number of carbonyl (C=O) groups is 3. The van der Waals surface area contributed by atoms with E-state index in [1.807, 2.05) is 60.5 Å². The van der Waals surface area contributed by atoms with Gasteiger partial charge in [0.05, 0.1) is 29.8 Å². The van der Waals surface area contributed by atoms with Crippen molar-refractivity contribution < 1.29 is 43.5 Å². The van der Waals surface area contributed by atoms with E-state index in [2.05, 4.69) is 0 Å². The second-order valence-corrected chi connectivity index (χ2v) is 14.4. The summed E-state index contributed by atoms with van der Waals surface area (Å²) in [5.74, 6) is -3.31. The number of rotatable bonds is 5. The summed E-state index contributed by atoms with van der Waals surface area (Å²) in [6.45, 7) is 14.8. The molecule has 3 fully saturated rings.